The lowest BCUT2D eigenvalue weighted by Crippen LogP contribution is -2.29. The third-order valence-electron chi connectivity index (χ3n) is 4.22. The standard InChI is InChI=1S/C17H18N6O4S/c18-8-10-1-2-11-3-4-13(12(11)7-10)20-16(21-26)15-17(23-27-22-15)28-9-14(25)19-5-6-24/h1-2,7,13,24,26H,3-6,9H2,(H,19,25)(H,20,21). The van der Waals surface area contributed by atoms with Gasteiger partial charge >= 0.3 is 0 Å². The summed E-state index contributed by atoms with van der Waals surface area (Å²) in [5.41, 5.74) is 2.84. The van der Waals surface area contributed by atoms with E-state index in [0.29, 0.717) is 10.6 Å². The van der Waals surface area contributed by atoms with Gasteiger partial charge in [-0.3, -0.25) is 4.79 Å². The number of nitrogens with zero attached hydrogens (tertiary/aromatic N) is 4. The Morgan fingerprint density at radius 3 is 3.07 bits per heavy atom. The Labute approximate surface area is 164 Å². The van der Waals surface area contributed by atoms with Gasteiger partial charge in [0.25, 0.3) is 0 Å². The average Bonchev–Trinajstić information content (AvgIpc) is 3.35. The first-order valence-electron chi connectivity index (χ1n) is 8.51. The van der Waals surface area contributed by atoms with Gasteiger partial charge in [-0.25, -0.2) is 4.63 Å². The molecule has 11 heteroatoms. The minimum Gasteiger partial charge on any atom is -0.409 e. The van der Waals surface area contributed by atoms with E-state index in [1.54, 1.807) is 6.07 Å². The van der Waals surface area contributed by atoms with Gasteiger partial charge in [0.15, 0.2) is 16.6 Å². The number of nitriles is 1. The maximum atomic E-state index is 11.7. The molecule has 1 aromatic heterocycles. The molecule has 146 valence electrons. The lowest BCUT2D eigenvalue weighted by Gasteiger charge is -2.15. The SMILES string of the molecule is N#Cc1ccc2c(c1)C(N/C(=N\O)c1nonc1SCC(=O)NCCO)CC2. The molecule has 0 bridgehead atoms. The van der Waals surface area contributed by atoms with Crippen molar-refractivity contribution >= 4 is 23.5 Å². The molecular formula is C17H18N6O4S. The summed E-state index contributed by atoms with van der Waals surface area (Å²) >= 11 is 1.07. The van der Waals surface area contributed by atoms with Crippen molar-refractivity contribution in [2.24, 2.45) is 5.16 Å². The second kappa shape index (κ2) is 9.20. The number of fused-ring (bicyclic) bond motifs is 1. The Kier molecular flexibility index (Phi) is 6.46. The van der Waals surface area contributed by atoms with Crippen molar-refractivity contribution in [2.45, 2.75) is 23.9 Å². The normalized spacial score (nSPS) is 15.7. The number of amidine groups is 1. The third kappa shape index (κ3) is 4.41. The van der Waals surface area contributed by atoms with Gasteiger partial charge in [-0.05, 0) is 46.4 Å². The van der Waals surface area contributed by atoms with E-state index in [4.69, 9.17) is 15.0 Å². The van der Waals surface area contributed by atoms with Crippen molar-refractivity contribution in [3.05, 3.63) is 40.6 Å². The number of carbonyl (C=O) groups is 1. The number of nitrogens with one attached hydrogen (secondary N) is 2. The van der Waals surface area contributed by atoms with E-state index in [-0.39, 0.29) is 42.4 Å². The first kappa shape index (κ1) is 19.7. The molecule has 1 amide bonds. The zero-order chi connectivity index (χ0) is 19.9. The molecule has 0 aliphatic heterocycles. The number of benzene rings is 1. The molecule has 1 aromatic carbocycles. The van der Waals surface area contributed by atoms with Crippen LogP contribution < -0.4 is 10.6 Å². The number of aromatic nitrogens is 2. The number of hydrogen-bond acceptors (Lipinski definition) is 9. The second-order valence-electron chi connectivity index (χ2n) is 5.99. The van der Waals surface area contributed by atoms with Crippen LogP contribution in [0.2, 0.25) is 0 Å². The molecule has 2 aromatic rings. The highest BCUT2D eigenvalue weighted by Crippen LogP contribution is 2.32. The monoisotopic (exact) mass is 402 g/mol. The molecule has 0 radical (unpaired) electrons. The Balaban J connectivity index is 1.71. The molecule has 1 aliphatic rings. The molecule has 10 nitrogen and oxygen atoms in total. The van der Waals surface area contributed by atoms with Crippen LogP contribution in [0.3, 0.4) is 0 Å². The Hall–Kier alpha value is -3.10. The predicted molar refractivity (Wildman–Crippen MR) is 98.8 cm³/mol. The summed E-state index contributed by atoms with van der Waals surface area (Å²) in [6.45, 7) is 0.0226. The van der Waals surface area contributed by atoms with Crippen LogP contribution in [0.4, 0.5) is 0 Å². The highest BCUT2D eigenvalue weighted by Gasteiger charge is 2.27. The number of carbonyl (C=O) groups excluding carboxylic acids is 1. The number of aryl methyl sites for hydroxylation is 1. The number of hydrogen-bond donors (Lipinski definition) is 4. The molecule has 0 fully saturated rings. The number of thioether (sulfide) groups is 1. The van der Waals surface area contributed by atoms with Crippen molar-refractivity contribution in [1.29, 1.82) is 5.26 Å². The molecular weight excluding hydrogens is 384 g/mol. The first-order valence-corrected chi connectivity index (χ1v) is 9.49. The van der Waals surface area contributed by atoms with Gasteiger partial charge in [-0.2, -0.15) is 5.26 Å². The molecule has 4 N–H and O–H groups in total. The molecule has 1 atom stereocenters. The fourth-order valence-electron chi connectivity index (χ4n) is 2.93. The number of rotatable bonds is 7. The third-order valence-corrected chi connectivity index (χ3v) is 5.17. The molecule has 0 spiro atoms. The zero-order valence-corrected chi connectivity index (χ0v) is 15.6. The average molecular weight is 402 g/mol. The van der Waals surface area contributed by atoms with Crippen LogP contribution in [0.1, 0.15) is 34.8 Å². The number of aliphatic hydroxyl groups excluding tert-OH is 1. The predicted octanol–water partition coefficient (Wildman–Crippen LogP) is 0.555. The summed E-state index contributed by atoms with van der Waals surface area (Å²) in [5, 5.41) is 44.1. The maximum absolute atomic E-state index is 11.7. The van der Waals surface area contributed by atoms with Crippen molar-refractivity contribution in [2.75, 3.05) is 18.9 Å². The largest absolute Gasteiger partial charge is 0.409 e. The van der Waals surface area contributed by atoms with Gasteiger partial charge in [0.05, 0.1) is 30.0 Å². The first-order chi connectivity index (χ1) is 13.7. The topological polar surface area (TPSA) is 157 Å². The van der Waals surface area contributed by atoms with Crippen LogP contribution in [0.5, 0.6) is 0 Å². The molecule has 3 rings (SSSR count). The minimum absolute atomic E-state index is 0.0394. The van der Waals surface area contributed by atoms with E-state index in [1.165, 1.54) is 0 Å². The fraction of sp³-hybridized carbons (Fsp3) is 0.353. The molecule has 0 saturated carbocycles. The van der Waals surface area contributed by atoms with Crippen molar-refractivity contribution in [3.8, 4) is 6.07 Å². The molecule has 1 unspecified atom stereocenters. The van der Waals surface area contributed by atoms with Gasteiger partial charge in [-0.15, -0.1) is 0 Å². The summed E-state index contributed by atoms with van der Waals surface area (Å²) in [4.78, 5) is 11.7. The summed E-state index contributed by atoms with van der Waals surface area (Å²) in [7, 11) is 0. The molecule has 1 aliphatic carbocycles. The highest BCUT2D eigenvalue weighted by molar-refractivity contribution is 8.00. The van der Waals surface area contributed by atoms with Gasteiger partial charge < -0.3 is 20.9 Å². The van der Waals surface area contributed by atoms with Gasteiger partial charge in [0.2, 0.25) is 5.91 Å². The summed E-state index contributed by atoms with van der Waals surface area (Å²) < 4.78 is 4.74. The van der Waals surface area contributed by atoms with E-state index in [1.807, 2.05) is 12.1 Å². The van der Waals surface area contributed by atoms with Crippen LogP contribution in [0.15, 0.2) is 33.0 Å². The van der Waals surface area contributed by atoms with E-state index < -0.39 is 0 Å². The van der Waals surface area contributed by atoms with Gasteiger partial charge in [0, 0.05) is 6.54 Å². The van der Waals surface area contributed by atoms with E-state index >= 15 is 0 Å². The lowest BCUT2D eigenvalue weighted by molar-refractivity contribution is -0.118. The Bertz CT molecular complexity index is 923. The minimum atomic E-state index is -0.280. The van der Waals surface area contributed by atoms with Crippen LogP contribution in [0, 0.1) is 11.3 Å². The van der Waals surface area contributed by atoms with Crippen LogP contribution in [0.25, 0.3) is 0 Å². The van der Waals surface area contributed by atoms with E-state index in [0.717, 1.165) is 35.7 Å². The molecule has 0 saturated heterocycles. The molecule has 1 heterocycles. The highest BCUT2D eigenvalue weighted by atomic mass is 32.2. The van der Waals surface area contributed by atoms with Crippen molar-refractivity contribution < 1.29 is 19.7 Å². The number of oxime groups is 1. The van der Waals surface area contributed by atoms with Crippen molar-refractivity contribution in [1.82, 2.24) is 20.9 Å². The fourth-order valence-corrected chi connectivity index (χ4v) is 3.66. The number of amides is 1. The van der Waals surface area contributed by atoms with Gasteiger partial charge in [0.1, 0.15) is 0 Å². The summed E-state index contributed by atoms with van der Waals surface area (Å²) in [5.74, 6) is -0.172. The van der Waals surface area contributed by atoms with E-state index in [2.05, 4.69) is 32.2 Å². The maximum Gasteiger partial charge on any atom is 0.230 e. The quantitative estimate of drug-likeness (QED) is 0.171. The molecule has 28 heavy (non-hydrogen) atoms. The van der Waals surface area contributed by atoms with Crippen LogP contribution in [-0.4, -0.2) is 51.3 Å². The lowest BCUT2D eigenvalue weighted by atomic mass is 10.0. The van der Waals surface area contributed by atoms with Crippen molar-refractivity contribution in [3.63, 3.8) is 0 Å². The number of aliphatic hydroxyl groups is 1. The van der Waals surface area contributed by atoms with Crippen LogP contribution >= 0.6 is 11.8 Å². The summed E-state index contributed by atoms with van der Waals surface area (Å²) in [6, 6.07) is 7.49. The smallest absolute Gasteiger partial charge is 0.230 e. The van der Waals surface area contributed by atoms with Gasteiger partial charge in [-0.1, -0.05) is 23.0 Å². The zero-order valence-electron chi connectivity index (χ0n) is 14.8. The Morgan fingerprint density at radius 1 is 1.46 bits per heavy atom. The van der Waals surface area contributed by atoms with E-state index in [9.17, 15) is 10.0 Å². The Morgan fingerprint density at radius 2 is 2.32 bits per heavy atom. The second-order valence-corrected chi connectivity index (χ2v) is 6.95. The summed E-state index contributed by atoms with van der Waals surface area (Å²) in [6.07, 6.45) is 1.60. The van der Waals surface area contributed by atoms with Crippen LogP contribution in [-0.2, 0) is 11.2 Å².